The van der Waals surface area contributed by atoms with Crippen molar-refractivity contribution < 1.29 is 14.3 Å². The molecule has 0 heterocycles. The van der Waals surface area contributed by atoms with Crippen LogP contribution in [0, 0.1) is 0 Å². The summed E-state index contributed by atoms with van der Waals surface area (Å²) in [5.41, 5.74) is 0. The van der Waals surface area contributed by atoms with Crippen molar-refractivity contribution in [3.63, 3.8) is 0 Å². The van der Waals surface area contributed by atoms with Crippen LogP contribution in [0.1, 0.15) is 25.7 Å². The molecule has 68 valence electrons. The maximum atomic E-state index is 10.9. The van der Waals surface area contributed by atoms with Gasteiger partial charge in [-0.15, -0.1) is 0 Å². The number of ether oxygens (including phenoxy) is 1. The molecule has 4 heteroatoms. The predicted molar refractivity (Wildman–Crippen MR) is 42.8 cm³/mol. The molecule has 0 saturated heterocycles. The van der Waals surface area contributed by atoms with Gasteiger partial charge in [0.25, 0.3) is 0 Å². The highest BCUT2D eigenvalue weighted by atomic mass is 16.5. The Hall–Kier alpha value is -1.06. The van der Waals surface area contributed by atoms with Crippen molar-refractivity contribution >= 4 is 12.4 Å². The van der Waals surface area contributed by atoms with Crippen LogP contribution >= 0.6 is 0 Å². The van der Waals surface area contributed by atoms with Crippen LogP contribution in [0.3, 0.4) is 0 Å². The van der Waals surface area contributed by atoms with Gasteiger partial charge in [0.2, 0.25) is 0 Å². The zero-order chi connectivity index (χ0) is 8.81. The van der Waals surface area contributed by atoms with Crippen molar-refractivity contribution in [1.29, 1.82) is 0 Å². The SMILES string of the molecule is O=CCOC(=O)NC1CCCC1. The fourth-order valence-corrected chi connectivity index (χ4v) is 1.39. The molecular weight excluding hydrogens is 158 g/mol. The van der Waals surface area contributed by atoms with Gasteiger partial charge in [0.1, 0.15) is 6.61 Å². The van der Waals surface area contributed by atoms with E-state index in [2.05, 4.69) is 10.1 Å². The van der Waals surface area contributed by atoms with Gasteiger partial charge >= 0.3 is 6.09 Å². The lowest BCUT2D eigenvalue weighted by atomic mass is 10.3. The van der Waals surface area contributed by atoms with Crippen molar-refractivity contribution in [3.8, 4) is 0 Å². The maximum absolute atomic E-state index is 10.9. The summed E-state index contributed by atoms with van der Waals surface area (Å²) in [7, 11) is 0. The molecule has 0 spiro atoms. The summed E-state index contributed by atoms with van der Waals surface area (Å²) in [4.78, 5) is 20.7. The fourth-order valence-electron chi connectivity index (χ4n) is 1.39. The van der Waals surface area contributed by atoms with Gasteiger partial charge in [0.05, 0.1) is 0 Å². The molecule has 4 nitrogen and oxygen atoms in total. The zero-order valence-corrected chi connectivity index (χ0v) is 6.91. The molecule has 0 radical (unpaired) electrons. The molecule has 0 unspecified atom stereocenters. The summed E-state index contributed by atoms with van der Waals surface area (Å²) in [6, 6.07) is 0.254. The molecular formula is C8H13NO3. The molecule has 1 aliphatic rings. The normalized spacial score (nSPS) is 17.3. The van der Waals surface area contributed by atoms with E-state index in [4.69, 9.17) is 0 Å². The van der Waals surface area contributed by atoms with Gasteiger partial charge in [-0.3, -0.25) is 4.79 Å². The number of hydrogen-bond acceptors (Lipinski definition) is 3. The lowest BCUT2D eigenvalue weighted by Crippen LogP contribution is -2.33. The number of carbonyl (C=O) groups is 2. The van der Waals surface area contributed by atoms with Gasteiger partial charge in [-0.05, 0) is 12.8 Å². The highest BCUT2D eigenvalue weighted by Crippen LogP contribution is 2.17. The molecule has 0 aromatic rings. The Kier molecular flexibility index (Phi) is 3.57. The highest BCUT2D eigenvalue weighted by molar-refractivity contribution is 5.69. The minimum absolute atomic E-state index is 0.154. The van der Waals surface area contributed by atoms with Gasteiger partial charge in [0.15, 0.2) is 6.29 Å². The molecule has 1 saturated carbocycles. The van der Waals surface area contributed by atoms with Gasteiger partial charge in [0, 0.05) is 6.04 Å². The first-order chi connectivity index (χ1) is 5.83. The first-order valence-electron chi connectivity index (χ1n) is 4.20. The van der Waals surface area contributed by atoms with E-state index in [1.807, 2.05) is 0 Å². The smallest absolute Gasteiger partial charge is 0.407 e. The van der Waals surface area contributed by atoms with Crippen molar-refractivity contribution in [2.45, 2.75) is 31.7 Å². The van der Waals surface area contributed by atoms with Crippen molar-refractivity contribution in [2.24, 2.45) is 0 Å². The first-order valence-corrected chi connectivity index (χ1v) is 4.20. The number of rotatable bonds is 3. The largest absolute Gasteiger partial charge is 0.442 e. The Morgan fingerprint density at radius 1 is 1.50 bits per heavy atom. The Bertz CT molecular complexity index is 164. The van der Waals surface area contributed by atoms with Gasteiger partial charge in [-0.2, -0.15) is 0 Å². The number of alkyl carbamates (subject to hydrolysis) is 1. The summed E-state index contributed by atoms with van der Waals surface area (Å²) in [5.74, 6) is 0. The minimum atomic E-state index is -0.478. The number of amides is 1. The molecule has 0 atom stereocenters. The van der Waals surface area contributed by atoms with E-state index in [0.717, 1.165) is 12.8 Å². The Balaban J connectivity index is 2.11. The molecule has 1 N–H and O–H groups in total. The molecule has 1 rings (SSSR count). The summed E-state index contributed by atoms with van der Waals surface area (Å²) in [6.07, 6.45) is 4.46. The van der Waals surface area contributed by atoms with Crippen LogP contribution in [-0.4, -0.2) is 25.0 Å². The average molecular weight is 171 g/mol. The first kappa shape index (κ1) is 9.03. The summed E-state index contributed by atoms with van der Waals surface area (Å²) < 4.78 is 4.54. The number of carbonyl (C=O) groups excluding carboxylic acids is 2. The van der Waals surface area contributed by atoms with Crippen LogP contribution in [-0.2, 0) is 9.53 Å². The average Bonchev–Trinajstić information content (AvgIpc) is 2.53. The lowest BCUT2D eigenvalue weighted by Gasteiger charge is -2.10. The molecule has 0 bridgehead atoms. The molecule has 1 fully saturated rings. The quantitative estimate of drug-likeness (QED) is 0.640. The molecule has 12 heavy (non-hydrogen) atoms. The Morgan fingerprint density at radius 2 is 2.17 bits per heavy atom. The van der Waals surface area contributed by atoms with Gasteiger partial charge in [-0.1, -0.05) is 12.8 Å². The second kappa shape index (κ2) is 4.74. The molecule has 0 aliphatic heterocycles. The second-order valence-electron chi connectivity index (χ2n) is 2.89. The van der Waals surface area contributed by atoms with Crippen LogP contribution in [0.25, 0.3) is 0 Å². The highest BCUT2D eigenvalue weighted by Gasteiger charge is 2.17. The van der Waals surface area contributed by atoms with E-state index in [1.165, 1.54) is 12.8 Å². The van der Waals surface area contributed by atoms with Crippen LogP contribution < -0.4 is 5.32 Å². The van der Waals surface area contributed by atoms with Crippen molar-refractivity contribution in [1.82, 2.24) is 5.32 Å². The maximum Gasteiger partial charge on any atom is 0.407 e. The Morgan fingerprint density at radius 3 is 2.75 bits per heavy atom. The van der Waals surface area contributed by atoms with Crippen LogP contribution in [0.5, 0.6) is 0 Å². The van der Waals surface area contributed by atoms with Crippen molar-refractivity contribution in [3.05, 3.63) is 0 Å². The topological polar surface area (TPSA) is 55.4 Å². The van der Waals surface area contributed by atoms with Crippen LogP contribution in [0.2, 0.25) is 0 Å². The van der Waals surface area contributed by atoms with Crippen molar-refractivity contribution in [2.75, 3.05) is 6.61 Å². The van der Waals surface area contributed by atoms with E-state index in [-0.39, 0.29) is 12.6 Å². The summed E-state index contributed by atoms with van der Waals surface area (Å²) in [5, 5.41) is 2.69. The van der Waals surface area contributed by atoms with E-state index in [1.54, 1.807) is 0 Å². The van der Waals surface area contributed by atoms with E-state index in [0.29, 0.717) is 6.29 Å². The third kappa shape index (κ3) is 2.90. The zero-order valence-electron chi connectivity index (χ0n) is 6.91. The lowest BCUT2D eigenvalue weighted by molar-refractivity contribution is -0.110. The summed E-state index contributed by atoms with van der Waals surface area (Å²) >= 11 is 0. The fraction of sp³-hybridized carbons (Fsp3) is 0.750. The predicted octanol–water partition coefficient (Wildman–Crippen LogP) is 0.854. The van der Waals surface area contributed by atoms with Crippen LogP contribution in [0.4, 0.5) is 4.79 Å². The van der Waals surface area contributed by atoms with E-state index in [9.17, 15) is 9.59 Å². The van der Waals surface area contributed by atoms with Gasteiger partial charge in [-0.25, -0.2) is 4.79 Å². The minimum Gasteiger partial charge on any atom is -0.442 e. The Labute approximate surface area is 71.3 Å². The molecule has 0 aromatic carbocycles. The third-order valence-corrected chi connectivity index (χ3v) is 1.96. The van der Waals surface area contributed by atoms with E-state index >= 15 is 0 Å². The number of hydrogen-bond donors (Lipinski definition) is 1. The number of aldehydes is 1. The molecule has 1 aliphatic carbocycles. The second-order valence-corrected chi connectivity index (χ2v) is 2.89. The molecule has 0 aromatic heterocycles. The van der Waals surface area contributed by atoms with E-state index < -0.39 is 6.09 Å². The van der Waals surface area contributed by atoms with Gasteiger partial charge < -0.3 is 10.1 Å². The van der Waals surface area contributed by atoms with Crippen LogP contribution in [0.15, 0.2) is 0 Å². The standard InChI is InChI=1S/C8H13NO3/c10-5-6-12-8(11)9-7-3-1-2-4-7/h5,7H,1-4,6H2,(H,9,11). The monoisotopic (exact) mass is 171 g/mol. The third-order valence-electron chi connectivity index (χ3n) is 1.96. The molecule has 1 amide bonds. The number of nitrogens with one attached hydrogen (secondary N) is 1. The summed E-state index contributed by atoms with van der Waals surface area (Å²) in [6.45, 7) is -0.154.